The van der Waals surface area contributed by atoms with Crippen molar-refractivity contribution in [2.75, 3.05) is 0 Å². The van der Waals surface area contributed by atoms with Crippen LogP contribution in [0.2, 0.25) is 0 Å². The minimum atomic E-state index is -0.609. The number of nitrogens with zero attached hydrogens (tertiary/aromatic N) is 2. The van der Waals surface area contributed by atoms with E-state index in [-0.39, 0.29) is 5.69 Å². The molecule has 0 spiro atoms. The number of hydrogen-bond acceptors (Lipinski definition) is 4. The van der Waals surface area contributed by atoms with Gasteiger partial charge in [0.05, 0.1) is 11.6 Å². The number of nitrogens with two attached hydrogens (primary N) is 1. The van der Waals surface area contributed by atoms with E-state index < -0.39 is 5.91 Å². The Morgan fingerprint density at radius 1 is 1.41 bits per heavy atom. The molecule has 5 nitrogen and oxygen atoms in total. The van der Waals surface area contributed by atoms with Gasteiger partial charge >= 0.3 is 0 Å². The zero-order valence-electron chi connectivity index (χ0n) is 8.88. The fourth-order valence-electron chi connectivity index (χ4n) is 1.50. The van der Waals surface area contributed by atoms with Gasteiger partial charge in [0.1, 0.15) is 6.26 Å². The third-order valence-electron chi connectivity index (χ3n) is 2.35. The topological polar surface area (TPSA) is 92.9 Å². The number of carbonyl (C=O) groups is 1. The van der Waals surface area contributed by atoms with Gasteiger partial charge in [-0.05, 0) is 17.7 Å². The Labute approximate surface area is 97.4 Å². The van der Waals surface area contributed by atoms with Gasteiger partial charge in [0.2, 0.25) is 0 Å². The lowest BCUT2D eigenvalue weighted by Gasteiger charge is -1.99. The zero-order chi connectivity index (χ0) is 12.3. The largest absolute Gasteiger partial charge is 0.364 e. The minimum Gasteiger partial charge on any atom is -0.364 e. The van der Waals surface area contributed by atoms with Crippen LogP contribution in [0.3, 0.4) is 0 Å². The van der Waals surface area contributed by atoms with Crippen LogP contribution in [0.15, 0.2) is 35.1 Å². The molecule has 2 N–H and O–H groups in total. The highest BCUT2D eigenvalue weighted by molar-refractivity contribution is 5.92. The van der Waals surface area contributed by atoms with Gasteiger partial charge in [-0.1, -0.05) is 17.3 Å². The van der Waals surface area contributed by atoms with E-state index in [2.05, 4.69) is 5.16 Å². The predicted octanol–water partition coefficient (Wildman–Crippen LogP) is 1.24. The van der Waals surface area contributed by atoms with Gasteiger partial charge in [-0.3, -0.25) is 4.79 Å². The first-order valence-corrected chi connectivity index (χ1v) is 4.93. The molecule has 1 heterocycles. The zero-order valence-corrected chi connectivity index (χ0v) is 8.88. The summed E-state index contributed by atoms with van der Waals surface area (Å²) in [4.78, 5) is 11.0. The molecule has 0 bridgehead atoms. The van der Waals surface area contributed by atoms with Crippen LogP contribution in [0.4, 0.5) is 0 Å². The van der Waals surface area contributed by atoms with Gasteiger partial charge in [-0.2, -0.15) is 5.26 Å². The van der Waals surface area contributed by atoms with Crippen molar-refractivity contribution in [2.45, 2.75) is 6.42 Å². The van der Waals surface area contributed by atoms with E-state index in [9.17, 15) is 4.79 Å². The lowest BCUT2D eigenvalue weighted by Crippen LogP contribution is -2.13. The first-order chi connectivity index (χ1) is 8.20. The van der Waals surface area contributed by atoms with Crippen LogP contribution in [-0.4, -0.2) is 11.1 Å². The fourth-order valence-corrected chi connectivity index (χ4v) is 1.50. The van der Waals surface area contributed by atoms with Gasteiger partial charge in [-0.25, -0.2) is 0 Å². The Kier molecular flexibility index (Phi) is 2.88. The molecule has 0 radical (unpaired) electrons. The first kappa shape index (κ1) is 10.9. The van der Waals surface area contributed by atoms with Crippen molar-refractivity contribution in [1.82, 2.24) is 5.16 Å². The predicted molar refractivity (Wildman–Crippen MR) is 59.0 cm³/mol. The molecule has 17 heavy (non-hydrogen) atoms. The molecule has 0 saturated carbocycles. The Morgan fingerprint density at radius 2 is 2.12 bits per heavy atom. The second kappa shape index (κ2) is 4.49. The summed E-state index contributed by atoms with van der Waals surface area (Å²) in [5.41, 5.74) is 7.49. The van der Waals surface area contributed by atoms with Gasteiger partial charge in [0.25, 0.3) is 5.91 Å². The highest BCUT2D eigenvalue weighted by Gasteiger charge is 2.13. The van der Waals surface area contributed by atoms with E-state index >= 15 is 0 Å². The number of nitriles is 1. The molecule has 1 amide bonds. The summed E-state index contributed by atoms with van der Waals surface area (Å²) in [5, 5.41) is 12.2. The molecular weight excluding hydrogens is 218 g/mol. The summed E-state index contributed by atoms with van der Waals surface area (Å²) in [6.45, 7) is 0. The number of aromatic nitrogens is 1. The lowest BCUT2D eigenvalue weighted by molar-refractivity contribution is 0.0991. The highest BCUT2D eigenvalue weighted by Crippen LogP contribution is 2.13. The van der Waals surface area contributed by atoms with Crippen molar-refractivity contribution in [2.24, 2.45) is 5.73 Å². The average molecular weight is 227 g/mol. The summed E-state index contributed by atoms with van der Waals surface area (Å²) >= 11 is 0. The summed E-state index contributed by atoms with van der Waals surface area (Å²) in [6.07, 6.45) is 1.89. The second-order valence-corrected chi connectivity index (χ2v) is 3.54. The normalized spacial score (nSPS) is 9.82. The maximum Gasteiger partial charge on any atom is 0.271 e. The van der Waals surface area contributed by atoms with Crippen molar-refractivity contribution < 1.29 is 9.32 Å². The van der Waals surface area contributed by atoms with Crippen LogP contribution < -0.4 is 5.73 Å². The van der Waals surface area contributed by atoms with E-state index in [1.54, 1.807) is 12.1 Å². The van der Waals surface area contributed by atoms with E-state index in [4.69, 9.17) is 15.5 Å². The Morgan fingerprint density at radius 3 is 2.71 bits per heavy atom. The SMILES string of the molecule is N#Cc1ccc(Cc2conc2C(N)=O)cc1. The molecule has 2 aromatic rings. The van der Waals surface area contributed by atoms with Crippen molar-refractivity contribution in [3.63, 3.8) is 0 Å². The van der Waals surface area contributed by atoms with Crippen LogP contribution in [0.1, 0.15) is 27.2 Å². The van der Waals surface area contributed by atoms with E-state index in [1.807, 2.05) is 18.2 Å². The minimum absolute atomic E-state index is 0.148. The summed E-state index contributed by atoms with van der Waals surface area (Å²) in [7, 11) is 0. The standard InChI is InChI=1S/C12H9N3O2/c13-6-9-3-1-8(2-4-9)5-10-7-17-15-11(10)12(14)16/h1-4,7H,5H2,(H2,14,16). The van der Waals surface area contributed by atoms with Crippen LogP contribution in [0, 0.1) is 11.3 Å². The third-order valence-corrected chi connectivity index (χ3v) is 2.35. The molecule has 1 aromatic carbocycles. The molecular formula is C12H9N3O2. The van der Waals surface area contributed by atoms with Gasteiger partial charge in [-0.15, -0.1) is 0 Å². The second-order valence-electron chi connectivity index (χ2n) is 3.54. The van der Waals surface area contributed by atoms with Crippen molar-refractivity contribution >= 4 is 5.91 Å². The highest BCUT2D eigenvalue weighted by atomic mass is 16.5. The molecule has 0 saturated heterocycles. The van der Waals surface area contributed by atoms with Crippen molar-refractivity contribution in [1.29, 1.82) is 5.26 Å². The maximum absolute atomic E-state index is 11.0. The third kappa shape index (κ3) is 2.32. The van der Waals surface area contributed by atoms with Crippen LogP contribution in [0.25, 0.3) is 0 Å². The fraction of sp³-hybridized carbons (Fsp3) is 0.0833. The van der Waals surface area contributed by atoms with E-state index in [0.29, 0.717) is 17.5 Å². The van der Waals surface area contributed by atoms with Crippen molar-refractivity contribution in [3.05, 3.63) is 52.9 Å². The van der Waals surface area contributed by atoms with Gasteiger partial charge in [0, 0.05) is 12.0 Å². The van der Waals surface area contributed by atoms with Gasteiger partial charge < -0.3 is 10.3 Å². The molecule has 1 aromatic heterocycles. The molecule has 5 heteroatoms. The van der Waals surface area contributed by atoms with E-state index in [1.165, 1.54) is 6.26 Å². The molecule has 0 aliphatic carbocycles. The number of amides is 1. The van der Waals surface area contributed by atoms with Gasteiger partial charge in [0.15, 0.2) is 5.69 Å². The first-order valence-electron chi connectivity index (χ1n) is 4.93. The number of primary amides is 1. The molecule has 84 valence electrons. The van der Waals surface area contributed by atoms with Crippen LogP contribution in [-0.2, 0) is 6.42 Å². The molecule has 0 unspecified atom stereocenters. The molecule has 2 rings (SSSR count). The Hall–Kier alpha value is -2.61. The number of hydrogen-bond donors (Lipinski definition) is 1. The lowest BCUT2D eigenvalue weighted by atomic mass is 10.0. The molecule has 0 fully saturated rings. The number of benzene rings is 1. The molecule has 0 atom stereocenters. The average Bonchev–Trinajstić information content (AvgIpc) is 2.78. The summed E-state index contributed by atoms with van der Waals surface area (Å²) in [6, 6.07) is 9.10. The van der Waals surface area contributed by atoms with Crippen molar-refractivity contribution in [3.8, 4) is 6.07 Å². The van der Waals surface area contributed by atoms with Crippen LogP contribution in [0.5, 0.6) is 0 Å². The monoisotopic (exact) mass is 227 g/mol. The number of rotatable bonds is 3. The smallest absolute Gasteiger partial charge is 0.271 e. The summed E-state index contributed by atoms with van der Waals surface area (Å²) in [5.74, 6) is -0.609. The van der Waals surface area contributed by atoms with E-state index in [0.717, 1.165) is 5.56 Å². The summed E-state index contributed by atoms with van der Waals surface area (Å²) < 4.78 is 4.72. The quantitative estimate of drug-likeness (QED) is 0.853. The Balaban J connectivity index is 2.23. The Bertz CT molecular complexity index is 579. The number of carbonyl (C=O) groups excluding carboxylic acids is 1. The maximum atomic E-state index is 11.0. The molecule has 0 aliphatic rings. The van der Waals surface area contributed by atoms with Crippen LogP contribution >= 0.6 is 0 Å². The molecule has 0 aliphatic heterocycles.